The third-order valence-corrected chi connectivity index (χ3v) is 6.03. The van der Waals surface area contributed by atoms with Gasteiger partial charge in [-0.05, 0) is 26.0 Å². The van der Waals surface area contributed by atoms with Crippen molar-refractivity contribution in [3.63, 3.8) is 0 Å². The number of carbonyl (C=O) groups excluding carboxylic acids is 1. The number of carbonyl (C=O) groups is 1. The highest BCUT2D eigenvalue weighted by Gasteiger charge is 2.27. The van der Waals surface area contributed by atoms with Crippen LogP contribution in [0.15, 0.2) is 34.8 Å². The van der Waals surface area contributed by atoms with Gasteiger partial charge in [-0.1, -0.05) is 35.2 Å². The molecule has 9 heteroatoms. The number of anilines is 1. The minimum absolute atomic E-state index is 0.141. The van der Waals surface area contributed by atoms with E-state index in [1.807, 2.05) is 24.3 Å². The van der Waals surface area contributed by atoms with E-state index >= 15 is 0 Å². The van der Waals surface area contributed by atoms with Gasteiger partial charge in [0.1, 0.15) is 0 Å². The summed E-state index contributed by atoms with van der Waals surface area (Å²) in [4.78, 5) is 24.3. The molecule has 0 bridgehead atoms. The Morgan fingerprint density at radius 2 is 1.81 bits per heavy atom. The predicted molar refractivity (Wildman–Crippen MR) is 106 cm³/mol. The summed E-state index contributed by atoms with van der Waals surface area (Å²) in [6.45, 7) is 4.15. The molecule has 0 saturated carbocycles. The number of para-hydroxylation sites is 2. The average Bonchev–Trinajstić information content (AvgIpc) is 3.07. The van der Waals surface area contributed by atoms with Gasteiger partial charge in [0.05, 0.1) is 27.7 Å². The molecule has 0 N–H and O–H groups in total. The van der Waals surface area contributed by atoms with Crippen molar-refractivity contribution < 1.29 is 4.79 Å². The Morgan fingerprint density at radius 3 is 2.50 bits per heavy atom. The normalized spacial score (nSPS) is 11.6. The van der Waals surface area contributed by atoms with E-state index in [-0.39, 0.29) is 10.8 Å². The highest BCUT2D eigenvalue weighted by Crippen LogP contribution is 2.42. The van der Waals surface area contributed by atoms with Crippen molar-refractivity contribution >= 4 is 45.3 Å². The van der Waals surface area contributed by atoms with Crippen molar-refractivity contribution in [2.75, 3.05) is 26.0 Å². The molecule has 0 aliphatic carbocycles. The highest BCUT2D eigenvalue weighted by atomic mass is 32.2. The van der Waals surface area contributed by atoms with Crippen LogP contribution in [0.1, 0.15) is 19.5 Å². The summed E-state index contributed by atoms with van der Waals surface area (Å²) in [7, 11) is 5.10. The topological polar surface area (TPSA) is 75.1 Å². The summed E-state index contributed by atoms with van der Waals surface area (Å²) in [6, 6.07) is 7.66. The number of nitrogens with zero attached hydrogens (tertiary/aromatic N) is 6. The molecule has 3 rings (SSSR count). The molecule has 3 aromatic rings. The number of rotatable bonds is 4. The molecular weight excluding hydrogens is 368 g/mol. The maximum Gasteiger partial charge on any atom is 0.325 e. The molecule has 0 aliphatic heterocycles. The number of amides is 2. The maximum atomic E-state index is 12.0. The second-order valence-corrected chi connectivity index (χ2v) is 9.27. The van der Waals surface area contributed by atoms with Crippen LogP contribution >= 0.6 is 23.1 Å². The lowest BCUT2D eigenvalue weighted by molar-refractivity contribution is 0.225. The van der Waals surface area contributed by atoms with E-state index in [0.29, 0.717) is 5.13 Å². The van der Waals surface area contributed by atoms with Crippen LogP contribution in [0.4, 0.5) is 9.93 Å². The Hall–Kier alpha value is -2.26. The van der Waals surface area contributed by atoms with Crippen LogP contribution in [0.2, 0.25) is 0 Å². The van der Waals surface area contributed by atoms with Gasteiger partial charge >= 0.3 is 6.03 Å². The first-order valence-electron chi connectivity index (χ1n) is 7.98. The van der Waals surface area contributed by atoms with Crippen LogP contribution in [0.25, 0.3) is 11.0 Å². The molecule has 0 atom stereocenters. The minimum Gasteiger partial charge on any atom is -0.330 e. The highest BCUT2D eigenvalue weighted by molar-refractivity contribution is 8.01. The van der Waals surface area contributed by atoms with Crippen LogP contribution in [0, 0.1) is 0 Å². The predicted octanol–water partition coefficient (Wildman–Crippen LogP) is 3.63. The molecule has 0 aliphatic rings. The molecule has 0 saturated heterocycles. The first kappa shape index (κ1) is 18.5. The van der Waals surface area contributed by atoms with Crippen molar-refractivity contribution in [2.24, 2.45) is 0 Å². The SMILES string of the molecule is CN(C)C(=O)N(C)c1nnc(SC(C)(C)c2cnc3ccccc3n2)s1. The van der Waals surface area contributed by atoms with E-state index in [0.717, 1.165) is 21.1 Å². The number of urea groups is 1. The van der Waals surface area contributed by atoms with E-state index in [2.05, 4.69) is 29.0 Å². The monoisotopic (exact) mass is 388 g/mol. The lowest BCUT2D eigenvalue weighted by Gasteiger charge is -2.21. The number of thioether (sulfide) groups is 1. The molecule has 136 valence electrons. The van der Waals surface area contributed by atoms with Gasteiger partial charge in [-0.15, -0.1) is 10.2 Å². The summed E-state index contributed by atoms with van der Waals surface area (Å²) < 4.78 is 0.441. The summed E-state index contributed by atoms with van der Waals surface area (Å²) in [6.07, 6.45) is 1.80. The van der Waals surface area contributed by atoms with Gasteiger partial charge in [0.2, 0.25) is 5.13 Å². The second-order valence-electron chi connectivity index (χ2n) is 6.44. The third-order valence-electron chi connectivity index (χ3n) is 3.76. The lowest BCUT2D eigenvalue weighted by Crippen LogP contribution is -2.36. The van der Waals surface area contributed by atoms with Crippen molar-refractivity contribution in [1.82, 2.24) is 25.1 Å². The fourth-order valence-electron chi connectivity index (χ4n) is 2.28. The summed E-state index contributed by atoms with van der Waals surface area (Å²) in [5.41, 5.74) is 2.61. The average molecular weight is 389 g/mol. The molecule has 2 heterocycles. The fraction of sp³-hybridized carbons (Fsp3) is 0.353. The Labute approximate surface area is 160 Å². The van der Waals surface area contributed by atoms with Gasteiger partial charge in [0, 0.05) is 21.1 Å². The van der Waals surface area contributed by atoms with Gasteiger partial charge in [-0.25, -0.2) is 9.78 Å². The molecule has 2 aromatic heterocycles. The van der Waals surface area contributed by atoms with Gasteiger partial charge in [0.15, 0.2) is 4.34 Å². The van der Waals surface area contributed by atoms with Crippen LogP contribution < -0.4 is 4.90 Å². The summed E-state index contributed by atoms with van der Waals surface area (Å²) in [5.74, 6) is 0. The lowest BCUT2D eigenvalue weighted by atomic mass is 10.1. The smallest absolute Gasteiger partial charge is 0.325 e. The molecule has 26 heavy (non-hydrogen) atoms. The van der Waals surface area contributed by atoms with E-state index in [1.165, 1.54) is 21.1 Å². The largest absolute Gasteiger partial charge is 0.330 e. The van der Waals surface area contributed by atoms with Crippen molar-refractivity contribution in [1.29, 1.82) is 0 Å². The number of fused-ring (bicyclic) bond motifs is 1. The summed E-state index contributed by atoms with van der Waals surface area (Å²) in [5, 5.41) is 8.92. The third kappa shape index (κ3) is 3.78. The van der Waals surface area contributed by atoms with Crippen LogP contribution in [-0.4, -0.2) is 52.2 Å². The molecule has 0 fully saturated rings. The van der Waals surface area contributed by atoms with Gasteiger partial charge < -0.3 is 4.90 Å². The van der Waals surface area contributed by atoms with Crippen LogP contribution in [-0.2, 0) is 4.75 Å². The number of aromatic nitrogens is 4. The Bertz CT molecular complexity index is 940. The van der Waals surface area contributed by atoms with Gasteiger partial charge in [-0.2, -0.15) is 0 Å². The fourth-order valence-corrected chi connectivity index (χ4v) is 4.55. The zero-order chi connectivity index (χ0) is 18.9. The zero-order valence-corrected chi connectivity index (χ0v) is 16.9. The Morgan fingerprint density at radius 1 is 1.12 bits per heavy atom. The summed E-state index contributed by atoms with van der Waals surface area (Å²) >= 11 is 2.94. The van der Waals surface area contributed by atoms with E-state index < -0.39 is 0 Å². The van der Waals surface area contributed by atoms with Gasteiger partial charge in [-0.3, -0.25) is 9.88 Å². The Balaban J connectivity index is 1.81. The maximum absolute atomic E-state index is 12.0. The standard InChI is InChI=1S/C17H20N6OS2/c1-17(2,13-10-18-11-8-6-7-9-12(11)19-13)26-15-21-20-14(25-15)23(5)16(24)22(3)4/h6-10H,1-5H3. The first-order chi connectivity index (χ1) is 12.3. The van der Waals surface area contributed by atoms with Crippen LogP contribution in [0.3, 0.4) is 0 Å². The van der Waals surface area contributed by atoms with E-state index in [1.54, 1.807) is 39.1 Å². The van der Waals surface area contributed by atoms with E-state index in [4.69, 9.17) is 4.98 Å². The molecule has 2 amide bonds. The number of benzene rings is 1. The second kappa shape index (κ2) is 7.16. The van der Waals surface area contributed by atoms with Gasteiger partial charge in [0.25, 0.3) is 0 Å². The molecule has 7 nitrogen and oxygen atoms in total. The van der Waals surface area contributed by atoms with Crippen molar-refractivity contribution in [2.45, 2.75) is 22.9 Å². The van der Waals surface area contributed by atoms with E-state index in [9.17, 15) is 4.79 Å². The molecule has 1 aromatic carbocycles. The number of hydrogen-bond acceptors (Lipinski definition) is 7. The molecule has 0 radical (unpaired) electrons. The van der Waals surface area contributed by atoms with Crippen molar-refractivity contribution in [3.8, 4) is 0 Å². The zero-order valence-electron chi connectivity index (χ0n) is 15.3. The Kier molecular flexibility index (Phi) is 5.10. The van der Waals surface area contributed by atoms with Crippen LogP contribution in [0.5, 0.6) is 0 Å². The number of hydrogen-bond donors (Lipinski definition) is 0. The first-order valence-corrected chi connectivity index (χ1v) is 9.61. The molecule has 0 unspecified atom stereocenters. The minimum atomic E-state index is -0.335. The molecule has 0 spiro atoms. The quantitative estimate of drug-likeness (QED) is 0.502. The molecular formula is C17H20N6OS2. The van der Waals surface area contributed by atoms with Crippen molar-refractivity contribution in [3.05, 3.63) is 36.2 Å².